The number of carbonyl (C=O) groups is 1. The smallest absolute Gasteiger partial charge is 0.319 e. The van der Waals surface area contributed by atoms with Gasteiger partial charge in [-0.15, -0.1) is 0 Å². The summed E-state index contributed by atoms with van der Waals surface area (Å²) in [5.41, 5.74) is 1.18. The van der Waals surface area contributed by atoms with E-state index in [4.69, 9.17) is 9.72 Å². The van der Waals surface area contributed by atoms with Gasteiger partial charge in [-0.2, -0.15) is 9.97 Å². The van der Waals surface area contributed by atoms with Crippen LogP contribution in [0.25, 0.3) is 16.5 Å². The van der Waals surface area contributed by atoms with Crippen LogP contribution in [0.1, 0.15) is 68.7 Å². The average molecular weight is 575 g/mol. The predicted octanol–water partition coefficient (Wildman–Crippen LogP) is 4.93. The molecular formula is C32H36F2N6O2. The highest BCUT2D eigenvalue weighted by molar-refractivity contribution is 5.93. The van der Waals surface area contributed by atoms with Crippen molar-refractivity contribution < 1.29 is 18.3 Å². The number of anilines is 1. The van der Waals surface area contributed by atoms with Gasteiger partial charge in [-0.3, -0.25) is 14.7 Å². The second kappa shape index (κ2) is 10.3. The van der Waals surface area contributed by atoms with Gasteiger partial charge < -0.3 is 15.0 Å². The molecule has 0 radical (unpaired) electrons. The van der Waals surface area contributed by atoms with Gasteiger partial charge in [0.2, 0.25) is 5.91 Å². The maximum Gasteiger partial charge on any atom is 0.319 e. The molecule has 0 bridgehead atoms. The molecule has 7 rings (SSSR count). The number of amides is 1. The molecule has 1 N–H and O–H groups in total. The number of aromatic nitrogens is 3. The fraction of sp³-hybridized carbons (Fsp3) is 0.500. The van der Waals surface area contributed by atoms with E-state index in [-0.39, 0.29) is 34.2 Å². The van der Waals surface area contributed by atoms with Gasteiger partial charge in [0.1, 0.15) is 29.5 Å². The van der Waals surface area contributed by atoms with Crippen LogP contribution in [0.5, 0.6) is 6.01 Å². The zero-order valence-corrected chi connectivity index (χ0v) is 24.2. The lowest BCUT2D eigenvalue weighted by Crippen LogP contribution is -2.68. The van der Waals surface area contributed by atoms with Crippen LogP contribution >= 0.6 is 0 Å². The summed E-state index contributed by atoms with van der Waals surface area (Å²) in [5, 5.41) is 3.55. The number of carbonyl (C=O) groups excluding carboxylic acids is 1. The Hall–Kier alpha value is -3.66. The first-order valence-corrected chi connectivity index (χ1v) is 15.0. The van der Waals surface area contributed by atoms with E-state index in [1.165, 1.54) is 6.07 Å². The number of ether oxygens (including phenoxy) is 1. The number of piperidine rings is 1. The summed E-state index contributed by atoms with van der Waals surface area (Å²) in [6.45, 7) is 7.42. The summed E-state index contributed by atoms with van der Waals surface area (Å²) in [4.78, 5) is 30.4. The lowest BCUT2D eigenvalue weighted by molar-refractivity contribution is -0.133. The number of nitrogens with one attached hydrogen (secondary N) is 1. The summed E-state index contributed by atoms with van der Waals surface area (Å²) >= 11 is 0. The van der Waals surface area contributed by atoms with Crippen molar-refractivity contribution in [1.82, 2.24) is 25.2 Å². The number of benzene rings is 1. The predicted molar refractivity (Wildman–Crippen MR) is 156 cm³/mol. The van der Waals surface area contributed by atoms with Gasteiger partial charge >= 0.3 is 6.01 Å². The first-order valence-electron chi connectivity index (χ1n) is 15.0. The maximum atomic E-state index is 16.6. The Labute approximate surface area is 244 Å². The molecule has 220 valence electrons. The van der Waals surface area contributed by atoms with Crippen LogP contribution in [0.3, 0.4) is 0 Å². The molecule has 4 fully saturated rings. The number of hydrogen-bond acceptors (Lipinski definition) is 7. The number of β-lactam (4-membered cyclic amide) rings is 1. The normalized spacial score (nSPS) is 23.8. The molecule has 2 aromatic heterocycles. The molecule has 10 heteroatoms. The van der Waals surface area contributed by atoms with Crippen LogP contribution in [-0.4, -0.2) is 69.6 Å². The number of pyridine rings is 1. The van der Waals surface area contributed by atoms with Crippen LogP contribution in [-0.2, 0) is 4.79 Å². The Morgan fingerprint density at radius 1 is 1.12 bits per heavy atom. The number of nitrogens with zero attached hydrogens (tertiary/aromatic N) is 5. The van der Waals surface area contributed by atoms with Crippen molar-refractivity contribution in [3.8, 4) is 6.01 Å². The molecule has 3 aromatic rings. The number of rotatable bonds is 6. The van der Waals surface area contributed by atoms with Gasteiger partial charge in [0.25, 0.3) is 0 Å². The minimum atomic E-state index is -0.637. The highest BCUT2D eigenvalue weighted by Gasteiger charge is 2.47. The highest BCUT2D eigenvalue weighted by Crippen LogP contribution is 2.41. The summed E-state index contributed by atoms with van der Waals surface area (Å²) < 4.78 is 37.9. The van der Waals surface area contributed by atoms with E-state index in [1.807, 2.05) is 0 Å². The summed E-state index contributed by atoms with van der Waals surface area (Å²) in [6, 6.07) is 4.94. The molecule has 4 aliphatic rings. The zero-order chi connectivity index (χ0) is 29.1. The number of fused-ring (bicyclic) bond motifs is 2. The molecule has 6 heterocycles. The van der Waals surface area contributed by atoms with E-state index >= 15 is 8.78 Å². The Morgan fingerprint density at radius 3 is 2.60 bits per heavy atom. The topological polar surface area (TPSA) is 83.5 Å². The van der Waals surface area contributed by atoms with Gasteiger partial charge in [0.05, 0.1) is 22.9 Å². The van der Waals surface area contributed by atoms with E-state index < -0.39 is 11.6 Å². The third-order valence-electron chi connectivity index (χ3n) is 9.74. The maximum absolute atomic E-state index is 16.6. The number of hydrogen-bond donors (Lipinski definition) is 1. The van der Waals surface area contributed by atoms with Gasteiger partial charge in [-0.05, 0) is 77.1 Å². The largest absolute Gasteiger partial charge is 0.461 e. The van der Waals surface area contributed by atoms with E-state index in [2.05, 4.69) is 25.1 Å². The van der Waals surface area contributed by atoms with Crippen LogP contribution in [0, 0.1) is 18.6 Å². The summed E-state index contributed by atoms with van der Waals surface area (Å²) in [6.07, 6.45) is 9.91. The summed E-state index contributed by atoms with van der Waals surface area (Å²) in [7, 11) is 0. The first kappa shape index (κ1) is 27.2. The molecule has 8 nitrogen and oxygen atoms in total. The quantitative estimate of drug-likeness (QED) is 0.418. The Bertz CT molecular complexity index is 1570. The molecule has 1 amide bonds. The molecule has 42 heavy (non-hydrogen) atoms. The minimum Gasteiger partial charge on any atom is -0.461 e. The van der Waals surface area contributed by atoms with Gasteiger partial charge in [-0.1, -0.05) is 18.2 Å². The number of aryl methyl sites for hydroxylation is 1. The number of halogens is 2. The second-order valence-electron chi connectivity index (χ2n) is 12.4. The molecule has 4 aliphatic heterocycles. The number of allylic oxidation sites excluding steroid dienone is 1. The zero-order valence-electron chi connectivity index (χ0n) is 24.2. The third-order valence-corrected chi connectivity index (χ3v) is 9.74. The summed E-state index contributed by atoms with van der Waals surface area (Å²) in [5.74, 6) is -0.480. The van der Waals surface area contributed by atoms with Gasteiger partial charge in [0.15, 0.2) is 5.82 Å². The molecule has 1 spiro atoms. The van der Waals surface area contributed by atoms with Crippen molar-refractivity contribution in [3.63, 3.8) is 0 Å². The van der Waals surface area contributed by atoms with Crippen LogP contribution < -0.4 is 15.0 Å². The van der Waals surface area contributed by atoms with E-state index in [9.17, 15) is 4.79 Å². The standard InChI is InChI=1S/C32H36F2N6O2/c1-3-21(25-20(2)8-4-9-23(25)33)27-26(34)28-22(17-35-27)29(39-13-5-10-31(18-39)16-24(41)38-31)37-30(36-28)42-19-32-11-6-14-40(32)15-7-12-32/h3-4,8-9,17H,5-7,10-16,18-19H2,1-2H3,(H,38,41)/b21-3+. The third kappa shape index (κ3) is 4.42. The SMILES string of the molecule is C/C=C(/c1ncc2c(N3CCCC4(CC(=O)N4)C3)nc(OCC34CCCN3CCC4)nc2c1F)c1c(C)cccc1F. The molecular weight excluding hydrogens is 538 g/mol. The van der Waals surface area contributed by atoms with E-state index in [0.717, 1.165) is 51.6 Å². The Morgan fingerprint density at radius 2 is 1.88 bits per heavy atom. The van der Waals surface area contributed by atoms with Gasteiger partial charge in [0, 0.05) is 30.4 Å². The fourth-order valence-electron chi connectivity index (χ4n) is 7.69. The Kier molecular flexibility index (Phi) is 6.64. The molecule has 1 unspecified atom stereocenters. The molecule has 1 aromatic carbocycles. The van der Waals surface area contributed by atoms with Crippen molar-refractivity contribution in [2.24, 2.45) is 0 Å². The minimum absolute atomic E-state index is 0.0215. The highest BCUT2D eigenvalue weighted by atomic mass is 19.1. The van der Waals surface area contributed by atoms with E-state index in [0.29, 0.717) is 54.0 Å². The van der Waals surface area contributed by atoms with E-state index in [1.54, 1.807) is 38.3 Å². The van der Waals surface area contributed by atoms with Crippen molar-refractivity contribution in [3.05, 3.63) is 58.9 Å². The monoisotopic (exact) mass is 574 g/mol. The fourth-order valence-corrected chi connectivity index (χ4v) is 7.69. The average Bonchev–Trinajstić information content (AvgIpc) is 3.55. The van der Waals surface area contributed by atoms with Crippen molar-refractivity contribution in [1.29, 1.82) is 0 Å². The van der Waals surface area contributed by atoms with Crippen molar-refractivity contribution >= 4 is 28.2 Å². The molecule has 0 aliphatic carbocycles. The first-order chi connectivity index (χ1) is 20.3. The molecule has 1 atom stereocenters. The molecule has 4 saturated heterocycles. The van der Waals surface area contributed by atoms with Crippen molar-refractivity contribution in [2.45, 2.75) is 69.9 Å². The second-order valence-corrected chi connectivity index (χ2v) is 12.4. The molecule has 0 saturated carbocycles. The van der Waals surface area contributed by atoms with Crippen LogP contribution in [0.15, 0.2) is 30.5 Å². The Balaban J connectivity index is 1.32. The van der Waals surface area contributed by atoms with Gasteiger partial charge in [-0.25, -0.2) is 8.78 Å². The van der Waals surface area contributed by atoms with Crippen LogP contribution in [0.2, 0.25) is 0 Å². The lowest BCUT2D eigenvalue weighted by Gasteiger charge is -2.49. The lowest BCUT2D eigenvalue weighted by atomic mass is 9.80. The van der Waals surface area contributed by atoms with Crippen molar-refractivity contribution in [2.75, 3.05) is 37.7 Å². The van der Waals surface area contributed by atoms with Crippen LogP contribution in [0.4, 0.5) is 14.6 Å².